The molecule has 0 unspecified atom stereocenters. The molecule has 0 spiro atoms. The number of guanidine groups is 1. The van der Waals surface area contributed by atoms with Gasteiger partial charge in [-0.25, -0.2) is 4.99 Å². The van der Waals surface area contributed by atoms with E-state index in [9.17, 15) is 0 Å². The van der Waals surface area contributed by atoms with E-state index in [0.717, 1.165) is 30.4 Å². The van der Waals surface area contributed by atoms with Crippen molar-refractivity contribution in [2.45, 2.75) is 39.8 Å². The Morgan fingerprint density at radius 1 is 1.31 bits per heavy atom. The third kappa shape index (κ3) is 6.47. The van der Waals surface area contributed by atoms with Crippen LogP contribution in [-0.2, 0) is 13.1 Å². The number of hydrogen-bond acceptors (Lipinski definition) is 5. The molecule has 1 saturated carbocycles. The number of nitrogens with zero attached hydrogens (tertiary/aromatic N) is 3. The molecule has 26 heavy (non-hydrogen) atoms. The van der Waals surface area contributed by atoms with Crippen molar-refractivity contribution in [1.29, 1.82) is 0 Å². The molecule has 0 aliphatic heterocycles. The lowest BCUT2D eigenvalue weighted by molar-refractivity contribution is 0.297. The maximum Gasteiger partial charge on any atom is 0.223 e. The average molecular weight is 471 g/mol. The predicted octanol–water partition coefficient (Wildman–Crippen LogP) is 3.04. The lowest BCUT2D eigenvalue weighted by atomic mass is 10.2. The second-order valence-corrected chi connectivity index (χ2v) is 6.14. The second kappa shape index (κ2) is 10.3. The molecule has 8 heteroatoms. The molecule has 0 radical (unpaired) electrons. The number of aryl methyl sites for hydroxylation is 1. The molecule has 1 aromatic carbocycles. The molecule has 1 fully saturated rings. The van der Waals surface area contributed by atoms with Gasteiger partial charge in [0.15, 0.2) is 11.8 Å². The molecule has 1 aliphatic carbocycles. The summed E-state index contributed by atoms with van der Waals surface area (Å²) < 4.78 is 10.9. The third-order valence-electron chi connectivity index (χ3n) is 3.88. The molecule has 0 atom stereocenters. The number of hydrogen-bond donors (Lipinski definition) is 2. The standard InChI is InChI=1S/C18H25N5O2.HI/c1-3-19-18(21-11-17-22-13(2)25-23-17)20-10-15-6-4-5-7-16(15)24-12-14-8-9-14;/h4-7,14H,3,8-12H2,1-2H3,(H2,19,20,21);1H. The highest BCUT2D eigenvalue weighted by molar-refractivity contribution is 14.0. The van der Waals surface area contributed by atoms with Gasteiger partial charge in [-0.2, -0.15) is 4.98 Å². The topological polar surface area (TPSA) is 84.6 Å². The normalized spacial score (nSPS) is 13.8. The monoisotopic (exact) mass is 471 g/mol. The summed E-state index contributed by atoms with van der Waals surface area (Å²) in [5.41, 5.74) is 1.08. The van der Waals surface area contributed by atoms with Gasteiger partial charge in [0.25, 0.3) is 0 Å². The van der Waals surface area contributed by atoms with Crippen molar-refractivity contribution >= 4 is 29.9 Å². The van der Waals surface area contributed by atoms with Gasteiger partial charge in [0.05, 0.1) is 19.7 Å². The summed E-state index contributed by atoms with van der Waals surface area (Å²) in [6, 6.07) is 8.07. The fourth-order valence-electron chi connectivity index (χ4n) is 2.35. The van der Waals surface area contributed by atoms with Gasteiger partial charge in [0.2, 0.25) is 5.89 Å². The summed E-state index contributed by atoms with van der Waals surface area (Å²) in [6.45, 7) is 6.38. The lowest BCUT2D eigenvalue weighted by Crippen LogP contribution is -2.37. The number of benzene rings is 1. The van der Waals surface area contributed by atoms with Gasteiger partial charge in [-0.05, 0) is 31.7 Å². The van der Waals surface area contributed by atoms with Gasteiger partial charge in [-0.15, -0.1) is 24.0 Å². The molecule has 0 saturated heterocycles. The highest BCUT2D eigenvalue weighted by atomic mass is 127. The average Bonchev–Trinajstić information content (AvgIpc) is 3.36. The first-order valence-corrected chi connectivity index (χ1v) is 8.76. The van der Waals surface area contributed by atoms with E-state index in [4.69, 9.17) is 9.26 Å². The number of rotatable bonds is 8. The smallest absolute Gasteiger partial charge is 0.223 e. The SMILES string of the molecule is CCNC(=NCc1ccccc1OCC1CC1)NCc1noc(C)n1.I. The molecular formula is C18H26IN5O2. The largest absolute Gasteiger partial charge is 0.493 e. The number of aliphatic imine (C=N–C) groups is 1. The van der Waals surface area contributed by atoms with E-state index < -0.39 is 0 Å². The van der Waals surface area contributed by atoms with Crippen LogP contribution in [0.15, 0.2) is 33.8 Å². The van der Waals surface area contributed by atoms with Gasteiger partial charge in [-0.3, -0.25) is 0 Å². The Morgan fingerprint density at radius 2 is 2.12 bits per heavy atom. The highest BCUT2D eigenvalue weighted by Gasteiger charge is 2.22. The van der Waals surface area contributed by atoms with Crippen LogP contribution in [0.4, 0.5) is 0 Å². The molecular weight excluding hydrogens is 445 g/mol. The Labute approximate surface area is 171 Å². The van der Waals surface area contributed by atoms with E-state index in [-0.39, 0.29) is 24.0 Å². The maximum atomic E-state index is 5.94. The summed E-state index contributed by atoms with van der Waals surface area (Å²) in [7, 11) is 0. The molecule has 1 heterocycles. The Bertz CT molecular complexity index is 715. The summed E-state index contributed by atoms with van der Waals surface area (Å²) in [6.07, 6.45) is 2.56. The molecule has 0 bridgehead atoms. The Hall–Kier alpha value is -1.84. The van der Waals surface area contributed by atoms with Gasteiger partial charge in [0, 0.05) is 19.0 Å². The van der Waals surface area contributed by atoms with E-state index in [2.05, 4.69) is 31.8 Å². The van der Waals surface area contributed by atoms with Crippen molar-refractivity contribution in [3.8, 4) is 5.75 Å². The summed E-state index contributed by atoms with van der Waals surface area (Å²) in [5, 5.41) is 10.3. The van der Waals surface area contributed by atoms with E-state index in [1.165, 1.54) is 12.8 Å². The van der Waals surface area contributed by atoms with Crippen molar-refractivity contribution < 1.29 is 9.26 Å². The van der Waals surface area contributed by atoms with Gasteiger partial charge >= 0.3 is 0 Å². The molecule has 1 aliphatic rings. The Balaban J connectivity index is 0.00000243. The van der Waals surface area contributed by atoms with Crippen LogP contribution in [0.5, 0.6) is 5.75 Å². The van der Waals surface area contributed by atoms with E-state index >= 15 is 0 Å². The minimum atomic E-state index is 0. The van der Waals surface area contributed by atoms with Crippen LogP contribution in [0.25, 0.3) is 0 Å². The van der Waals surface area contributed by atoms with Crippen molar-refractivity contribution in [2.24, 2.45) is 10.9 Å². The van der Waals surface area contributed by atoms with Crippen LogP contribution in [0.3, 0.4) is 0 Å². The van der Waals surface area contributed by atoms with Gasteiger partial charge in [-0.1, -0.05) is 23.4 Å². The van der Waals surface area contributed by atoms with Crippen LogP contribution in [0, 0.1) is 12.8 Å². The molecule has 7 nitrogen and oxygen atoms in total. The summed E-state index contributed by atoms with van der Waals surface area (Å²) in [5.74, 6) is 3.52. The van der Waals surface area contributed by atoms with E-state index in [1.54, 1.807) is 6.92 Å². The molecule has 0 amide bonds. The van der Waals surface area contributed by atoms with Crippen molar-refractivity contribution in [2.75, 3.05) is 13.2 Å². The van der Waals surface area contributed by atoms with Crippen LogP contribution in [0.1, 0.15) is 37.0 Å². The zero-order valence-corrected chi connectivity index (χ0v) is 17.5. The number of nitrogens with one attached hydrogen (secondary N) is 2. The fourth-order valence-corrected chi connectivity index (χ4v) is 2.35. The van der Waals surface area contributed by atoms with Crippen molar-refractivity contribution in [3.05, 3.63) is 41.5 Å². The minimum Gasteiger partial charge on any atom is -0.493 e. The number of halogens is 1. The fraction of sp³-hybridized carbons (Fsp3) is 0.500. The van der Waals surface area contributed by atoms with E-state index in [1.807, 2.05) is 25.1 Å². The zero-order chi connectivity index (χ0) is 17.5. The molecule has 2 aromatic rings. The van der Waals surface area contributed by atoms with Crippen LogP contribution < -0.4 is 15.4 Å². The Morgan fingerprint density at radius 3 is 2.81 bits per heavy atom. The zero-order valence-electron chi connectivity index (χ0n) is 15.2. The number of aromatic nitrogens is 2. The number of para-hydroxylation sites is 1. The predicted molar refractivity (Wildman–Crippen MR) is 111 cm³/mol. The first-order valence-electron chi connectivity index (χ1n) is 8.76. The quantitative estimate of drug-likeness (QED) is 0.350. The van der Waals surface area contributed by atoms with Crippen LogP contribution >= 0.6 is 24.0 Å². The Kier molecular flexibility index (Phi) is 8.14. The highest BCUT2D eigenvalue weighted by Crippen LogP contribution is 2.30. The summed E-state index contributed by atoms with van der Waals surface area (Å²) in [4.78, 5) is 8.82. The molecule has 142 valence electrons. The second-order valence-electron chi connectivity index (χ2n) is 6.14. The van der Waals surface area contributed by atoms with Gasteiger partial charge in [0.1, 0.15) is 5.75 Å². The first kappa shape index (κ1) is 20.5. The molecule has 2 N–H and O–H groups in total. The summed E-state index contributed by atoms with van der Waals surface area (Å²) >= 11 is 0. The molecule has 1 aromatic heterocycles. The number of ether oxygens (including phenoxy) is 1. The van der Waals surface area contributed by atoms with Gasteiger partial charge < -0.3 is 19.9 Å². The van der Waals surface area contributed by atoms with Crippen LogP contribution in [-0.4, -0.2) is 29.3 Å². The third-order valence-corrected chi connectivity index (χ3v) is 3.88. The van der Waals surface area contributed by atoms with Crippen molar-refractivity contribution in [1.82, 2.24) is 20.8 Å². The first-order chi connectivity index (χ1) is 12.2. The lowest BCUT2D eigenvalue weighted by Gasteiger charge is -2.12. The van der Waals surface area contributed by atoms with Crippen molar-refractivity contribution in [3.63, 3.8) is 0 Å². The maximum absolute atomic E-state index is 5.94. The molecule has 3 rings (SSSR count). The minimum absolute atomic E-state index is 0. The van der Waals surface area contributed by atoms with E-state index in [0.29, 0.717) is 30.8 Å². The van der Waals surface area contributed by atoms with Crippen LogP contribution in [0.2, 0.25) is 0 Å².